The Bertz CT molecular complexity index is 345. The van der Waals surface area contributed by atoms with E-state index in [1.807, 2.05) is 0 Å². The number of pyridine rings is 1. The summed E-state index contributed by atoms with van der Waals surface area (Å²) in [7, 11) is 0. The fraction of sp³-hybridized carbons (Fsp3) is 0.400. The molecule has 0 unspecified atom stereocenters. The van der Waals surface area contributed by atoms with E-state index in [1.165, 1.54) is 12.8 Å². The third-order valence-corrected chi connectivity index (χ3v) is 2.51. The van der Waals surface area contributed by atoms with Gasteiger partial charge in [-0.25, -0.2) is 0 Å². The number of carbonyl (C=O) groups is 1. The van der Waals surface area contributed by atoms with E-state index in [0.717, 1.165) is 18.8 Å². The van der Waals surface area contributed by atoms with Gasteiger partial charge in [-0.15, -0.1) is 0 Å². The zero-order valence-corrected chi connectivity index (χ0v) is 7.94. The molecule has 2 N–H and O–H groups in total. The Balaban J connectivity index is 2.35. The monoisotopic (exact) mass is 191 g/mol. The van der Waals surface area contributed by atoms with Crippen molar-refractivity contribution >= 4 is 11.6 Å². The van der Waals surface area contributed by atoms with Crippen LogP contribution in [0.25, 0.3) is 0 Å². The minimum absolute atomic E-state index is 0.380. The van der Waals surface area contributed by atoms with Gasteiger partial charge in [0.25, 0.3) is 5.91 Å². The molecule has 0 aliphatic carbocycles. The van der Waals surface area contributed by atoms with Crippen LogP contribution in [-0.4, -0.2) is 24.0 Å². The highest BCUT2D eigenvalue weighted by Crippen LogP contribution is 2.22. The molecule has 2 rings (SSSR count). The number of hydrogen-bond acceptors (Lipinski definition) is 3. The molecular formula is C10H13N3O. The predicted molar refractivity (Wildman–Crippen MR) is 54.2 cm³/mol. The molecule has 1 aromatic heterocycles. The van der Waals surface area contributed by atoms with Crippen LogP contribution < -0.4 is 10.6 Å². The lowest BCUT2D eigenvalue weighted by atomic mass is 10.2. The molecule has 1 fully saturated rings. The van der Waals surface area contributed by atoms with Gasteiger partial charge in [-0.1, -0.05) is 0 Å². The fourth-order valence-corrected chi connectivity index (χ4v) is 1.80. The van der Waals surface area contributed by atoms with E-state index in [0.29, 0.717) is 5.56 Å². The smallest absolute Gasteiger partial charge is 0.250 e. The summed E-state index contributed by atoms with van der Waals surface area (Å²) in [6.45, 7) is 1.98. The van der Waals surface area contributed by atoms with Crippen LogP contribution in [0.1, 0.15) is 23.2 Å². The Morgan fingerprint density at radius 1 is 1.43 bits per heavy atom. The summed E-state index contributed by atoms with van der Waals surface area (Å²) in [5, 5.41) is 0. The van der Waals surface area contributed by atoms with Crippen molar-refractivity contribution in [3.05, 3.63) is 24.0 Å². The molecule has 1 saturated heterocycles. The fourth-order valence-electron chi connectivity index (χ4n) is 1.80. The van der Waals surface area contributed by atoms with Gasteiger partial charge < -0.3 is 10.6 Å². The quantitative estimate of drug-likeness (QED) is 0.751. The van der Waals surface area contributed by atoms with Gasteiger partial charge in [0, 0.05) is 19.3 Å². The van der Waals surface area contributed by atoms with E-state index < -0.39 is 0 Å². The molecule has 4 heteroatoms. The van der Waals surface area contributed by atoms with Gasteiger partial charge in [0.15, 0.2) is 0 Å². The topological polar surface area (TPSA) is 59.2 Å². The molecule has 0 spiro atoms. The van der Waals surface area contributed by atoms with E-state index in [4.69, 9.17) is 5.73 Å². The van der Waals surface area contributed by atoms with Crippen molar-refractivity contribution in [2.45, 2.75) is 12.8 Å². The molecule has 74 valence electrons. The van der Waals surface area contributed by atoms with E-state index in [2.05, 4.69) is 9.88 Å². The summed E-state index contributed by atoms with van der Waals surface area (Å²) in [6, 6.07) is 1.68. The van der Waals surface area contributed by atoms with Crippen LogP contribution in [0.4, 0.5) is 5.69 Å². The molecule has 0 saturated carbocycles. The van der Waals surface area contributed by atoms with Crippen LogP contribution in [-0.2, 0) is 0 Å². The summed E-state index contributed by atoms with van der Waals surface area (Å²) < 4.78 is 0. The SMILES string of the molecule is NC(=O)c1ccncc1N1CCCC1. The maximum Gasteiger partial charge on any atom is 0.250 e. The molecule has 2 heterocycles. The molecule has 0 atom stereocenters. The molecule has 0 aromatic carbocycles. The van der Waals surface area contributed by atoms with Crippen molar-refractivity contribution in [3.8, 4) is 0 Å². The van der Waals surface area contributed by atoms with Crippen molar-refractivity contribution in [2.75, 3.05) is 18.0 Å². The summed E-state index contributed by atoms with van der Waals surface area (Å²) in [5.41, 5.74) is 6.73. The minimum atomic E-state index is -0.380. The number of rotatable bonds is 2. The van der Waals surface area contributed by atoms with Gasteiger partial charge in [0.1, 0.15) is 0 Å². The Kier molecular flexibility index (Phi) is 2.35. The summed E-state index contributed by atoms with van der Waals surface area (Å²) in [4.78, 5) is 17.3. The number of anilines is 1. The van der Waals surface area contributed by atoms with E-state index in [-0.39, 0.29) is 5.91 Å². The first kappa shape index (κ1) is 8.99. The number of nitrogens with two attached hydrogens (primary N) is 1. The number of aromatic nitrogens is 1. The van der Waals surface area contributed by atoms with Gasteiger partial charge in [0.05, 0.1) is 17.4 Å². The third-order valence-electron chi connectivity index (χ3n) is 2.51. The largest absolute Gasteiger partial charge is 0.370 e. The highest BCUT2D eigenvalue weighted by atomic mass is 16.1. The summed E-state index contributed by atoms with van der Waals surface area (Å²) in [6.07, 6.45) is 5.66. The molecular weight excluding hydrogens is 178 g/mol. The lowest BCUT2D eigenvalue weighted by molar-refractivity contribution is 0.100. The Morgan fingerprint density at radius 2 is 2.14 bits per heavy atom. The maximum atomic E-state index is 11.1. The zero-order chi connectivity index (χ0) is 9.97. The molecule has 0 bridgehead atoms. The normalized spacial score (nSPS) is 15.9. The molecule has 1 aromatic rings. The summed E-state index contributed by atoms with van der Waals surface area (Å²) >= 11 is 0. The Labute approximate surface area is 82.7 Å². The number of hydrogen-bond donors (Lipinski definition) is 1. The third kappa shape index (κ3) is 1.55. The van der Waals surface area contributed by atoms with Gasteiger partial charge in [-0.3, -0.25) is 9.78 Å². The molecule has 0 radical (unpaired) electrons. The predicted octanol–water partition coefficient (Wildman–Crippen LogP) is 0.781. The second kappa shape index (κ2) is 3.65. The molecule has 1 aliphatic heterocycles. The van der Waals surface area contributed by atoms with Crippen LogP contribution in [0.5, 0.6) is 0 Å². The van der Waals surface area contributed by atoms with Gasteiger partial charge in [-0.05, 0) is 18.9 Å². The number of nitrogens with zero attached hydrogens (tertiary/aromatic N) is 2. The highest BCUT2D eigenvalue weighted by molar-refractivity contribution is 5.98. The van der Waals surface area contributed by atoms with Crippen molar-refractivity contribution < 1.29 is 4.79 Å². The number of amides is 1. The average Bonchev–Trinajstić information content (AvgIpc) is 2.70. The lowest BCUT2D eigenvalue weighted by Crippen LogP contribution is -2.23. The van der Waals surface area contributed by atoms with Gasteiger partial charge in [0.2, 0.25) is 0 Å². The summed E-state index contributed by atoms with van der Waals surface area (Å²) in [5.74, 6) is -0.380. The molecule has 1 amide bonds. The van der Waals surface area contributed by atoms with Crippen LogP contribution in [0.2, 0.25) is 0 Å². The van der Waals surface area contributed by atoms with Crippen molar-refractivity contribution in [2.24, 2.45) is 5.73 Å². The first-order valence-corrected chi connectivity index (χ1v) is 4.78. The molecule has 14 heavy (non-hydrogen) atoms. The molecule has 1 aliphatic rings. The average molecular weight is 191 g/mol. The Morgan fingerprint density at radius 3 is 2.79 bits per heavy atom. The van der Waals surface area contributed by atoms with Gasteiger partial charge in [-0.2, -0.15) is 0 Å². The molecule has 4 nitrogen and oxygen atoms in total. The minimum Gasteiger partial charge on any atom is -0.370 e. The first-order chi connectivity index (χ1) is 6.79. The van der Waals surface area contributed by atoms with Crippen LogP contribution >= 0.6 is 0 Å². The van der Waals surface area contributed by atoms with Gasteiger partial charge >= 0.3 is 0 Å². The van der Waals surface area contributed by atoms with Crippen LogP contribution in [0, 0.1) is 0 Å². The number of primary amides is 1. The lowest BCUT2D eigenvalue weighted by Gasteiger charge is -2.19. The first-order valence-electron chi connectivity index (χ1n) is 4.78. The Hall–Kier alpha value is -1.58. The van der Waals surface area contributed by atoms with Crippen molar-refractivity contribution in [1.82, 2.24) is 4.98 Å². The maximum absolute atomic E-state index is 11.1. The van der Waals surface area contributed by atoms with Crippen LogP contribution in [0.3, 0.4) is 0 Å². The van der Waals surface area contributed by atoms with Crippen molar-refractivity contribution in [1.29, 1.82) is 0 Å². The standard InChI is InChI=1S/C10H13N3O/c11-10(14)8-3-4-12-7-9(8)13-5-1-2-6-13/h3-4,7H,1-2,5-6H2,(H2,11,14). The second-order valence-electron chi connectivity index (χ2n) is 3.45. The zero-order valence-electron chi connectivity index (χ0n) is 7.94. The van der Waals surface area contributed by atoms with Crippen molar-refractivity contribution in [3.63, 3.8) is 0 Å². The van der Waals surface area contributed by atoms with E-state index >= 15 is 0 Å². The van der Waals surface area contributed by atoms with E-state index in [1.54, 1.807) is 18.5 Å². The second-order valence-corrected chi connectivity index (χ2v) is 3.45. The number of carbonyl (C=O) groups excluding carboxylic acids is 1. The highest BCUT2D eigenvalue weighted by Gasteiger charge is 2.17. The van der Waals surface area contributed by atoms with E-state index in [9.17, 15) is 4.79 Å². The van der Waals surface area contributed by atoms with Crippen LogP contribution in [0.15, 0.2) is 18.5 Å².